The second-order valence-corrected chi connectivity index (χ2v) is 6.10. The topological polar surface area (TPSA) is 86.5 Å². The molecule has 1 aliphatic rings. The number of carbonyl (C=O) groups is 1. The van der Waals surface area contributed by atoms with Gasteiger partial charge in [0.25, 0.3) is 0 Å². The Labute approximate surface area is 135 Å². The first-order valence-electron chi connectivity index (χ1n) is 7.06. The van der Waals surface area contributed by atoms with E-state index in [0.717, 1.165) is 21.9 Å². The molecule has 118 valence electrons. The van der Waals surface area contributed by atoms with Crippen LogP contribution in [0.5, 0.6) is 11.5 Å². The smallest absolute Gasteiger partial charge is 0.355 e. The first-order valence-corrected chi connectivity index (χ1v) is 7.94. The molecule has 0 saturated heterocycles. The number of nitrogens with zero attached hydrogens (tertiary/aromatic N) is 3. The van der Waals surface area contributed by atoms with Crippen LogP contribution in [-0.4, -0.2) is 38.8 Å². The molecular formula is C15H13N3O4S. The number of hydrogen-bond acceptors (Lipinski definition) is 6. The normalized spacial score (nSPS) is 13.4. The van der Waals surface area contributed by atoms with E-state index in [9.17, 15) is 4.79 Å². The van der Waals surface area contributed by atoms with Gasteiger partial charge in [-0.25, -0.2) is 14.8 Å². The van der Waals surface area contributed by atoms with E-state index in [0.29, 0.717) is 31.3 Å². The number of aromatic carboxylic acids is 1. The van der Waals surface area contributed by atoms with Crippen molar-refractivity contribution < 1.29 is 19.4 Å². The highest BCUT2D eigenvalue weighted by Gasteiger charge is 2.18. The third-order valence-electron chi connectivity index (χ3n) is 3.67. The molecule has 0 unspecified atom stereocenters. The van der Waals surface area contributed by atoms with Crippen molar-refractivity contribution in [2.24, 2.45) is 0 Å². The van der Waals surface area contributed by atoms with Crippen LogP contribution in [0.1, 0.15) is 21.3 Å². The molecule has 0 saturated carbocycles. The minimum absolute atomic E-state index is 0.0705. The standard InChI is InChI=1S/C15H13N3O4S/c1-8-16-9-4-12-13(22-3-2-21-12)5-11(9)18(8)6-14-17-10(7-23-14)15(19)20/h4-5,7H,2-3,6H2,1H3,(H,19,20). The van der Waals surface area contributed by atoms with Crippen LogP contribution in [-0.2, 0) is 6.54 Å². The second-order valence-electron chi connectivity index (χ2n) is 5.16. The second kappa shape index (κ2) is 5.24. The maximum absolute atomic E-state index is 11.0. The van der Waals surface area contributed by atoms with Gasteiger partial charge in [0.05, 0.1) is 17.6 Å². The summed E-state index contributed by atoms with van der Waals surface area (Å²) < 4.78 is 13.2. The van der Waals surface area contributed by atoms with Gasteiger partial charge in [-0.2, -0.15) is 0 Å². The molecule has 7 nitrogen and oxygen atoms in total. The van der Waals surface area contributed by atoms with Crippen molar-refractivity contribution >= 4 is 28.3 Å². The Morgan fingerprint density at radius 3 is 2.74 bits per heavy atom. The van der Waals surface area contributed by atoms with E-state index < -0.39 is 5.97 Å². The summed E-state index contributed by atoms with van der Waals surface area (Å²) in [6.45, 7) is 3.45. The monoisotopic (exact) mass is 331 g/mol. The van der Waals surface area contributed by atoms with Crippen molar-refractivity contribution in [3.8, 4) is 11.5 Å². The molecule has 23 heavy (non-hydrogen) atoms. The number of ether oxygens (including phenoxy) is 2. The Balaban J connectivity index is 1.76. The maximum atomic E-state index is 11.0. The molecule has 3 aromatic rings. The lowest BCUT2D eigenvalue weighted by Gasteiger charge is -2.18. The maximum Gasteiger partial charge on any atom is 0.355 e. The van der Waals surface area contributed by atoms with Crippen molar-refractivity contribution in [1.82, 2.24) is 14.5 Å². The molecule has 0 atom stereocenters. The van der Waals surface area contributed by atoms with Gasteiger partial charge >= 0.3 is 5.97 Å². The Kier molecular flexibility index (Phi) is 3.19. The lowest BCUT2D eigenvalue weighted by Crippen LogP contribution is -2.15. The van der Waals surface area contributed by atoms with Gasteiger partial charge in [-0.05, 0) is 6.92 Å². The van der Waals surface area contributed by atoms with Crippen molar-refractivity contribution in [2.45, 2.75) is 13.5 Å². The van der Waals surface area contributed by atoms with E-state index in [-0.39, 0.29) is 5.69 Å². The van der Waals surface area contributed by atoms with Gasteiger partial charge in [-0.1, -0.05) is 0 Å². The van der Waals surface area contributed by atoms with Crippen LogP contribution in [0.25, 0.3) is 11.0 Å². The molecule has 2 aromatic heterocycles. The summed E-state index contributed by atoms with van der Waals surface area (Å²) in [5.74, 6) is 1.22. The summed E-state index contributed by atoms with van der Waals surface area (Å²) in [7, 11) is 0. The minimum atomic E-state index is -1.01. The van der Waals surface area contributed by atoms with Crippen molar-refractivity contribution in [1.29, 1.82) is 0 Å². The molecule has 1 aliphatic heterocycles. The molecule has 0 radical (unpaired) electrons. The first kappa shape index (κ1) is 14.0. The summed E-state index contributed by atoms with van der Waals surface area (Å²) >= 11 is 1.33. The highest BCUT2D eigenvalue weighted by atomic mass is 32.1. The number of thiazole rings is 1. The van der Waals surface area contributed by atoms with Gasteiger partial charge in [-0.15, -0.1) is 11.3 Å². The van der Waals surface area contributed by atoms with Crippen molar-refractivity contribution in [3.63, 3.8) is 0 Å². The molecule has 0 amide bonds. The molecule has 0 aliphatic carbocycles. The van der Waals surface area contributed by atoms with Crippen molar-refractivity contribution in [2.75, 3.05) is 13.2 Å². The number of benzene rings is 1. The number of aromatic nitrogens is 3. The third-order valence-corrected chi connectivity index (χ3v) is 4.50. The van der Waals surface area contributed by atoms with Crippen molar-refractivity contribution in [3.05, 3.63) is 34.0 Å². The molecule has 4 rings (SSSR count). The zero-order chi connectivity index (χ0) is 16.0. The highest BCUT2D eigenvalue weighted by molar-refractivity contribution is 7.09. The minimum Gasteiger partial charge on any atom is -0.486 e. The number of carboxylic acids is 1. The van der Waals surface area contributed by atoms with E-state index in [1.165, 1.54) is 11.3 Å². The molecule has 8 heteroatoms. The van der Waals surface area contributed by atoms with Crippen LogP contribution in [0, 0.1) is 6.92 Å². The molecule has 0 spiro atoms. The Morgan fingerprint density at radius 1 is 1.30 bits per heavy atom. The Hall–Kier alpha value is -2.61. The Morgan fingerprint density at radius 2 is 2.04 bits per heavy atom. The van der Waals surface area contributed by atoms with Crippen LogP contribution in [0.4, 0.5) is 0 Å². The molecule has 0 bridgehead atoms. The fourth-order valence-corrected chi connectivity index (χ4v) is 3.35. The summed E-state index contributed by atoms with van der Waals surface area (Å²) in [6.07, 6.45) is 0. The van der Waals surface area contributed by atoms with E-state index in [4.69, 9.17) is 14.6 Å². The van der Waals surface area contributed by atoms with Crippen LogP contribution in [0.2, 0.25) is 0 Å². The van der Waals surface area contributed by atoms with E-state index in [2.05, 4.69) is 9.97 Å². The predicted molar refractivity (Wildman–Crippen MR) is 83.6 cm³/mol. The number of fused-ring (bicyclic) bond motifs is 2. The zero-order valence-corrected chi connectivity index (χ0v) is 13.1. The number of carboxylic acid groups (broad SMARTS) is 1. The SMILES string of the molecule is Cc1nc2cc3c(cc2n1Cc1nc(C(=O)O)cs1)OCCO3. The van der Waals surface area contributed by atoms with Gasteiger partial charge in [0.15, 0.2) is 17.2 Å². The fraction of sp³-hybridized carbons (Fsp3) is 0.267. The van der Waals surface area contributed by atoms with Crippen LogP contribution < -0.4 is 9.47 Å². The largest absolute Gasteiger partial charge is 0.486 e. The first-order chi connectivity index (χ1) is 11.1. The van der Waals surface area contributed by atoms with Gasteiger partial charge in [0.1, 0.15) is 24.0 Å². The average molecular weight is 331 g/mol. The predicted octanol–water partition coefficient (Wildman–Crippen LogP) is 2.32. The van der Waals surface area contributed by atoms with Gasteiger partial charge < -0.3 is 19.1 Å². The van der Waals surface area contributed by atoms with Crippen LogP contribution in [0.3, 0.4) is 0 Å². The lowest BCUT2D eigenvalue weighted by molar-refractivity contribution is 0.0691. The summed E-state index contributed by atoms with van der Waals surface area (Å²) in [5, 5.41) is 11.2. The molecular weight excluding hydrogens is 318 g/mol. The third kappa shape index (κ3) is 2.40. The van der Waals surface area contributed by atoms with E-state index in [1.54, 1.807) is 5.38 Å². The quantitative estimate of drug-likeness (QED) is 0.792. The molecule has 1 N–H and O–H groups in total. The fourth-order valence-electron chi connectivity index (χ4n) is 2.60. The van der Waals surface area contributed by atoms with Crippen LogP contribution in [0.15, 0.2) is 17.5 Å². The van der Waals surface area contributed by atoms with E-state index >= 15 is 0 Å². The highest BCUT2D eigenvalue weighted by Crippen LogP contribution is 2.35. The van der Waals surface area contributed by atoms with E-state index in [1.807, 2.05) is 23.6 Å². The van der Waals surface area contributed by atoms with Crippen LogP contribution >= 0.6 is 11.3 Å². The van der Waals surface area contributed by atoms with Gasteiger partial charge in [0, 0.05) is 17.5 Å². The lowest BCUT2D eigenvalue weighted by atomic mass is 10.2. The average Bonchev–Trinajstić information content (AvgIpc) is 3.11. The number of rotatable bonds is 3. The molecule has 0 fully saturated rings. The Bertz CT molecular complexity index is 915. The molecule has 1 aromatic carbocycles. The van der Waals surface area contributed by atoms with Gasteiger partial charge in [-0.3, -0.25) is 0 Å². The zero-order valence-electron chi connectivity index (χ0n) is 12.3. The number of imidazole rings is 1. The number of aryl methyl sites for hydroxylation is 1. The van der Waals surface area contributed by atoms with Gasteiger partial charge in [0.2, 0.25) is 0 Å². The number of hydrogen-bond donors (Lipinski definition) is 1. The summed E-state index contributed by atoms with van der Waals surface area (Å²) in [4.78, 5) is 19.6. The molecule has 3 heterocycles. The summed E-state index contributed by atoms with van der Waals surface area (Å²) in [6, 6.07) is 3.79. The summed E-state index contributed by atoms with van der Waals surface area (Å²) in [5.41, 5.74) is 1.81.